The van der Waals surface area contributed by atoms with Gasteiger partial charge in [-0.3, -0.25) is 4.79 Å². The summed E-state index contributed by atoms with van der Waals surface area (Å²) in [6.07, 6.45) is 1.45. The van der Waals surface area contributed by atoms with E-state index in [1.807, 2.05) is 0 Å². The van der Waals surface area contributed by atoms with E-state index in [1.54, 1.807) is 44.6 Å². The predicted octanol–water partition coefficient (Wildman–Crippen LogP) is 1.60. The third-order valence-electron chi connectivity index (χ3n) is 5.34. The van der Waals surface area contributed by atoms with Gasteiger partial charge in [0.15, 0.2) is 11.5 Å². The van der Waals surface area contributed by atoms with Crippen LogP contribution in [0, 0.1) is 0 Å². The first kappa shape index (κ1) is 19.3. The second-order valence-electron chi connectivity index (χ2n) is 7.03. The number of aromatic hydroxyl groups is 1. The van der Waals surface area contributed by atoms with Crippen molar-refractivity contribution in [1.29, 1.82) is 0 Å². The van der Waals surface area contributed by atoms with Crippen LogP contribution in [-0.2, 0) is 11.3 Å². The molecule has 0 unspecified atom stereocenters. The minimum absolute atomic E-state index is 0.138. The molecule has 1 saturated heterocycles. The number of quaternary nitrogens is 1. The van der Waals surface area contributed by atoms with E-state index in [9.17, 15) is 9.90 Å². The van der Waals surface area contributed by atoms with E-state index < -0.39 is 0 Å². The second kappa shape index (κ2) is 8.14. The van der Waals surface area contributed by atoms with Crippen LogP contribution >= 0.6 is 0 Å². The fourth-order valence-electron chi connectivity index (χ4n) is 3.71. The second-order valence-corrected chi connectivity index (χ2v) is 7.03. The third kappa shape index (κ3) is 3.66. The molecule has 7 nitrogen and oxygen atoms in total. The lowest BCUT2D eigenvalue weighted by Crippen LogP contribution is -3.12. The van der Waals surface area contributed by atoms with E-state index in [4.69, 9.17) is 18.6 Å². The van der Waals surface area contributed by atoms with Crippen molar-refractivity contribution >= 4 is 11.0 Å². The van der Waals surface area contributed by atoms with Gasteiger partial charge in [-0.1, -0.05) is 6.07 Å². The quantitative estimate of drug-likeness (QED) is 0.679. The number of phenols is 1. The Morgan fingerprint density at radius 1 is 1.07 bits per heavy atom. The van der Waals surface area contributed by atoms with Crippen molar-refractivity contribution in [2.45, 2.75) is 6.54 Å². The van der Waals surface area contributed by atoms with Gasteiger partial charge in [-0.2, -0.15) is 0 Å². The summed E-state index contributed by atoms with van der Waals surface area (Å²) in [5, 5.41) is 10.8. The zero-order valence-corrected chi connectivity index (χ0v) is 16.5. The van der Waals surface area contributed by atoms with E-state index in [0.29, 0.717) is 58.9 Å². The Labute approximate surface area is 168 Å². The maximum Gasteiger partial charge on any atom is 0.200 e. The number of phenolic OH excluding ortho intramolecular Hbond substituents is 1. The number of rotatable bonds is 5. The number of methoxy groups -OCH3 is 2. The summed E-state index contributed by atoms with van der Waals surface area (Å²) in [6, 6.07) is 8.46. The molecule has 4 rings (SSSR count). The van der Waals surface area contributed by atoms with Crippen molar-refractivity contribution in [3.63, 3.8) is 0 Å². The smallest absolute Gasteiger partial charge is 0.200 e. The Hall–Kier alpha value is -3.03. The van der Waals surface area contributed by atoms with Gasteiger partial charge in [0.05, 0.1) is 43.9 Å². The van der Waals surface area contributed by atoms with Gasteiger partial charge in [0.25, 0.3) is 0 Å². The zero-order chi connectivity index (χ0) is 20.4. The van der Waals surface area contributed by atoms with Gasteiger partial charge in [0.2, 0.25) is 5.43 Å². The first-order valence-corrected chi connectivity index (χ1v) is 9.52. The normalized spacial score (nSPS) is 14.8. The molecule has 152 valence electrons. The topological polar surface area (TPSA) is 82.6 Å². The zero-order valence-electron chi connectivity index (χ0n) is 16.5. The summed E-state index contributed by atoms with van der Waals surface area (Å²) < 4.78 is 21.9. The molecule has 7 heteroatoms. The molecule has 1 fully saturated rings. The van der Waals surface area contributed by atoms with E-state index in [2.05, 4.69) is 0 Å². The van der Waals surface area contributed by atoms with Crippen molar-refractivity contribution in [3.8, 4) is 28.4 Å². The highest BCUT2D eigenvalue weighted by atomic mass is 16.5. The molecule has 0 spiro atoms. The fraction of sp³-hybridized carbons (Fsp3) is 0.318. The monoisotopic (exact) mass is 398 g/mol. The number of hydrogen-bond acceptors (Lipinski definition) is 6. The largest absolute Gasteiger partial charge is 0.507 e. The van der Waals surface area contributed by atoms with E-state index in [1.165, 1.54) is 11.2 Å². The van der Waals surface area contributed by atoms with Crippen LogP contribution < -0.4 is 19.8 Å². The molecular weight excluding hydrogens is 374 g/mol. The minimum atomic E-state index is -0.156. The number of ether oxygens (including phenoxy) is 3. The Balaban J connectivity index is 1.78. The molecule has 0 atom stereocenters. The van der Waals surface area contributed by atoms with Gasteiger partial charge in [-0.05, 0) is 29.8 Å². The first-order valence-electron chi connectivity index (χ1n) is 9.52. The summed E-state index contributed by atoms with van der Waals surface area (Å²) in [6.45, 7) is 3.65. The van der Waals surface area contributed by atoms with Crippen LogP contribution in [0.1, 0.15) is 5.56 Å². The van der Waals surface area contributed by atoms with Crippen LogP contribution in [0.5, 0.6) is 17.2 Å². The molecule has 0 bridgehead atoms. The standard InChI is InChI=1S/C22H23NO6/c1-26-19-6-3-14(11-20(19)27-2)17-13-29-22-15(21(17)25)4-5-18(24)16(22)12-23-7-9-28-10-8-23/h3-6,11,13,24H,7-10,12H2,1-2H3/p+1. The lowest BCUT2D eigenvalue weighted by molar-refractivity contribution is -0.921. The lowest BCUT2D eigenvalue weighted by Gasteiger charge is -2.24. The Bertz CT molecular complexity index is 1080. The lowest BCUT2D eigenvalue weighted by atomic mass is 10.0. The van der Waals surface area contributed by atoms with Crippen molar-refractivity contribution in [1.82, 2.24) is 0 Å². The molecule has 2 aromatic carbocycles. The maximum absolute atomic E-state index is 13.2. The van der Waals surface area contributed by atoms with Crippen LogP contribution in [-0.4, -0.2) is 45.6 Å². The number of benzene rings is 2. The maximum atomic E-state index is 13.2. The van der Waals surface area contributed by atoms with E-state index >= 15 is 0 Å². The van der Waals surface area contributed by atoms with Crippen molar-refractivity contribution < 1.29 is 28.6 Å². The van der Waals surface area contributed by atoms with Gasteiger partial charge in [0.1, 0.15) is 37.2 Å². The molecule has 1 aliphatic rings. The highest BCUT2D eigenvalue weighted by Crippen LogP contribution is 2.33. The van der Waals surface area contributed by atoms with Gasteiger partial charge in [0, 0.05) is 0 Å². The Morgan fingerprint density at radius 3 is 2.55 bits per heavy atom. The van der Waals surface area contributed by atoms with Crippen LogP contribution in [0.4, 0.5) is 0 Å². The number of nitrogens with one attached hydrogen (secondary N) is 1. The average molecular weight is 398 g/mol. The van der Waals surface area contributed by atoms with Crippen LogP contribution in [0.3, 0.4) is 0 Å². The van der Waals surface area contributed by atoms with Crippen molar-refractivity contribution in [3.05, 3.63) is 52.4 Å². The summed E-state index contributed by atoms with van der Waals surface area (Å²) in [4.78, 5) is 14.5. The first-order chi connectivity index (χ1) is 14.1. The van der Waals surface area contributed by atoms with Gasteiger partial charge >= 0.3 is 0 Å². The molecule has 2 heterocycles. The summed E-state index contributed by atoms with van der Waals surface area (Å²) >= 11 is 0. The van der Waals surface area contributed by atoms with Crippen LogP contribution in [0.25, 0.3) is 22.1 Å². The Morgan fingerprint density at radius 2 is 1.83 bits per heavy atom. The molecule has 2 N–H and O–H groups in total. The fourth-order valence-corrected chi connectivity index (χ4v) is 3.71. The number of hydrogen-bond donors (Lipinski definition) is 2. The van der Waals surface area contributed by atoms with Gasteiger partial charge in [-0.25, -0.2) is 0 Å². The molecule has 0 amide bonds. The van der Waals surface area contributed by atoms with Crippen LogP contribution in [0.15, 0.2) is 45.8 Å². The number of fused-ring (bicyclic) bond motifs is 1. The number of morpholine rings is 1. The SMILES string of the molecule is COc1ccc(-c2coc3c(C[NH+]4CCOCC4)c(O)ccc3c2=O)cc1OC. The highest BCUT2D eigenvalue weighted by molar-refractivity contribution is 5.85. The third-order valence-corrected chi connectivity index (χ3v) is 5.34. The molecule has 3 aromatic rings. The molecule has 1 aliphatic heterocycles. The molecule has 0 saturated carbocycles. The molecule has 0 radical (unpaired) electrons. The predicted molar refractivity (Wildman–Crippen MR) is 108 cm³/mol. The molecule has 0 aliphatic carbocycles. The molecular formula is C22H24NO6+. The van der Waals surface area contributed by atoms with Gasteiger partial charge in [-0.15, -0.1) is 0 Å². The minimum Gasteiger partial charge on any atom is -0.507 e. The summed E-state index contributed by atoms with van der Waals surface area (Å²) in [7, 11) is 3.11. The van der Waals surface area contributed by atoms with E-state index in [-0.39, 0.29) is 11.2 Å². The van der Waals surface area contributed by atoms with E-state index in [0.717, 1.165) is 13.1 Å². The Kier molecular flexibility index (Phi) is 5.42. The highest BCUT2D eigenvalue weighted by Gasteiger charge is 2.21. The average Bonchev–Trinajstić information content (AvgIpc) is 2.76. The van der Waals surface area contributed by atoms with Crippen molar-refractivity contribution in [2.24, 2.45) is 0 Å². The molecule has 29 heavy (non-hydrogen) atoms. The molecule has 1 aromatic heterocycles. The summed E-state index contributed by atoms with van der Waals surface area (Å²) in [5.41, 5.74) is 2.02. The van der Waals surface area contributed by atoms with Gasteiger partial charge < -0.3 is 28.6 Å². The van der Waals surface area contributed by atoms with Crippen molar-refractivity contribution in [2.75, 3.05) is 40.5 Å². The summed E-state index contributed by atoms with van der Waals surface area (Å²) in [5.74, 6) is 1.26. The van der Waals surface area contributed by atoms with Crippen LogP contribution in [0.2, 0.25) is 0 Å².